The van der Waals surface area contributed by atoms with Crippen molar-refractivity contribution in [3.8, 4) is 0 Å². The Morgan fingerprint density at radius 1 is 0.567 bits per heavy atom. The highest BCUT2D eigenvalue weighted by Crippen LogP contribution is 2.34. The Morgan fingerprint density at radius 3 is 1.30 bits per heavy atom. The summed E-state index contributed by atoms with van der Waals surface area (Å²) in [4.78, 5) is 5.73. The van der Waals surface area contributed by atoms with Gasteiger partial charge < -0.3 is 0 Å². The third kappa shape index (κ3) is 9.60. The second-order valence-electron chi connectivity index (χ2n) is 11.1. The van der Waals surface area contributed by atoms with E-state index in [-0.39, 0.29) is 0 Å². The summed E-state index contributed by atoms with van der Waals surface area (Å²) in [5, 5.41) is 0. The number of nitrogens with zero attached hydrogens (tertiary/aromatic N) is 2. The van der Waals surface area contributed by atoms with Crippen LogP contribution in [0.5, 0.6) is 0 Å². The van der Waals surface area contributed by atoms with Crippen molar-refractivity contribution in [2.75, 3.05) is 26.2 Å². The largest absolute Gasteiger partial charge is 0.286 e. The van der Waals surface area contributed by atoms with E-state index in [1.165, 1.54) is 116 Å². The van der Waals surface area contributed by atoms with E-state index < -0.39 is 0 Å². The summed E-state index contributed by atoms with van der Waals surface area (Å²) in [5.41, 5.74) is 0.955. The second-order valence-corrected chi connectivity index (χ2v) is 11.1. The molecule has 0 aromatic carbocycles. The minimum atomic E-state index is 0.478. The van der Waals surface area contributed by atoms with Crippen molar-refractivity contribution in [1.82, 2.24) is 9.80 Å². The van der Waals surface area contributed by atoms with E-state index in [4.69, 9.17) is 0 Å². The first kappa shape index (κ1) is 28.0. The molecule has 0 aromatic heterocycles. The molecule has 2 nitrogen and oxygen atoms in total. The van der Waals surface area contributed by atoms with Gasteiger partial charge >= 0.3 is 0 Å². The van der Waals surface area contributed by atoms with Crippen LogP contribution in [0.25, 0.3) is 0 Å². The smallest absolute Gasteiger partial charge is 0.0623 e. The van der Waals surface area contributed by atoms with Crippen molar-refractivity contribution in [1.29, 1.82) is 0 Å². The number of hydrogen-bond acceptors (Lipinski definition) is 2. The van der Waals surface area contributed by atoms with Crippen molar-refractivity contribution >= 4 is 0 Å². The number of hydrogen-bond donors (Lipinski definition) is 0. The number of unbranched alkanes of at least 4 members (excludes halogenated alkanes) is 8. The first-order valence-corrected chi connectivity index (χ1v) is 13.8. The molecule has 0 aromatic rings. The standard InChI is InChI=1S/C28H58N2/c1-8-13-14-15-16-17-18-19-20-21-26-29(24-27(6,9-2)10-3)22-23-30(26)25-28(7,11-4)12-5/h26H,8-25H2,1-7H3. The molecule has 0 amide bonds. The highest BCUT2D eigenvalue weighted by Gasteiger charge is 2.37. The van der Waals surface area contributed by atoms with Crippen LogP contribution < -0.4 is 0 Å². The molecule has 1 saturated heterocycles. The maximum Gasteiger partial charge on any atom is 0.0623 e. The Hall–Kier alpha value is -0.0800. The molecule has 180 valence electrons. The first-order valence-electron chi connectivity index (χ1n) is 13.8. The van der Waals surface area contributed by atoms with Gasteiger partial charge in [-0.2, -0.15) is 0 Å². The monoisotopic (exact) mass is 422 g/mol. The molecule has 2 heteroatoms. The van der Waals surface area contributed by atoms with Gasteiger partial charge in [-0.1, -0.05) is 106 Å². The van der Waals surface area contributed by atoms with Gasteiger partial charge in [0.1, 0.15) is 0 Å². The van der Waals surface area contributed by atoms with Gasteiger partial charge in [-0.05, 0) is 42.9 Å². The zero-order valence-electron chi connectivity index (χ0n) is 22.2. The van der Waals surface area contributed by atoms with Crippen molar-refractivity contribution in [2.24, 2.45) is 10.8 Å². The molecule has 0 atom stereocenters. The summed E-state index contributed by atoms with van der Waals surface area (Å²) in [6.45, 7) is 22.0. The van der Waals surface area contributed by atoms with E-state index in [0.717, 1.165) is 0 Å². The molecule has 0 saturated carbocycles. The van der Waals surface area contributed by atoms with E-state index in [0.29, 0.717) is 17.0 Å². The van der Waals surface area contributed by atoms with Crippen LogP contribution >= 0.6 is 0 Å². The molecule has 1 heterocycles. The van der Waals surface area contributed by atoms with Gasteiger partial charge in [0.25, 0.3) is 0 Å². The van der Waals surface area contributed by atoms with Crippen molar-refractivity contribution in [3.05, 3.63) is 0 Å². The van der Waals surface area contributed by atoms with Crippen LogP contribution in [-0.4, -0.2) is 42.1 Å². The van der Waals surface area contributed by atoms with Crippen molar-refractivity contribution in [2.45, 2.75) is 145 Å². The minimum Gasteiger partial charge on any atom is -0.286 e. The quantitative estimate of drug-likeness (QED) is 0.204. The van der Waals surface area contributed by atoms with E-state index in [1.54, 1.807) is 0 Å². The molecule has 1 fully saturated rings. The van der Waals surface area contributed by atoms with Crippen LogP contribution in [-0.2, 0) is 0 Å². The minimum absolute atomic E-state index is 0.478. The van der Waals surface area contributed by atoms with Crippen LogP contribution in [0.1, 0.15) is 138 Å². The highest BCUT2D eigenvalue weighted by atomic mass is 15.4. The lowest BCUT2D eigenvalue weighted by Crippen LogP contribution is -2.46. The Kier molecular flexibility index (Phi) is 13.9. The second kappa shape index (κ2) is 14.9. The fourth-order valence-corrected chi connectivity index (χ4v) is 5.09. The van der Waals surface area contributed by atoms with Crippen molar-refractivity contribution in [3.63, 3.8) is 0 Å². The van der Waals surface area contributed by atoms with Crippen LogP contribution in [0.2, 0.25) is 0 Å². The normalized spacial score (nSPS) is 17.3. The molecule has 1 aliphatic rings. The van der Waals surface area contributed by atoms with E-state index in [2.05, 4.69) is 58.3 Å². The Morgan fingerprint density at radius 2 is 0.933 bits per heavy atom. The maximum atomic E-state index is 2.86. The fraction of sp³-hybridized carbons (Fsp3) is 1.00. The fourth-order valence-electron chi connectivity index (χ4n) is 5.09. The summed E-state index contributed by atoms with van der Waals surface area (Å²) < 4.78 is 0. The summed E-state index contributed by atoms with van der Waals surface area (Å²) in [6.07, 6.45) is 20.1. The highest BCUT2D eigenvalue weighted by molar-refractivity contribution is 4.89. The van der Waals surface area contributed by atoms with Gasteiger partial charge in [0.2, 0.25) is 0 Å². The lowest BCUT2D eigenvalue weighted by molar-refractivity contribution is 0.0539. The van der Waals surface area contributed by atoms with Gasteiger partial charge in [-0.25, -0.2) is 0 Å². The van der Waals surface area contributed by atoms with Crippen LogP contribution in [0.15, 0.2) is 0 Å². The third-order valence-electron chi connectivity index (χ3n) is 8.67. The van der Waals surface area contributed by atoms with Crippen LogP contribution in [0.3, 0.4) is 0 Å². The molecule has 0 bridgehead atoms. The molecule has 1 rings (SSSR count). The number of rotatable bonds is 18. The van der Waals surface area contributed by atoms with Gasteiger partial charge in [0.15, 0.2) is 0 Å². The van der Waals surface area contributed by atoms with Crippen LogP contribution in [0, 0.1) is 10.8 Å². The predicted octanol–water partition coefficient (Wildman–Crippen LogP) is 8.50. The maximum absolute atomic E-state index is 2.86. The summed E-state index contributed by atoms with van der Waals surface area (Å²) in [7, 11) is 0. The molecule has 0 spiro atoms. The molecule has 1 aliphatic heterocycles. The van der Waals surface area contributed by atoms with Gasteiger partial charge in [-0.15, -0.1) is 0 Å². The summed E-state index contributed by atoms with van der Waals surface area (Å²) in [6, 6.07) is 0. The molecule has 0 N–H and O–H groups in total. The van der Waals surface area contributed by atoms with E-state index in [9.17, 15) is 0 Å². The van der Waals surface area contributed by atoms with Crippen LogP contribution in [0.4, 0.5) is 0 Å². The summed E-state index contributed by atoms with van der Waals surface area (Å²) >= 11 is 0. The lowest BCUT2D eigenvalue weighted by atomic mass is 9.83. The molecule has 0 unspecified atom stereocenters. The van der Waals surface area contributed by atoms with E-state index in [1.807, 2.05) is 0 Å². The SMILES string of the molecule is CCCCCCCCCCCC1N(CC(C)(CC)CC)CCN1CC(C)(CC)CC. The Labute approximate surface area is 191 Å². The average Bonchev–Trinajstić information content (AvgIpc) is 3.12. The summed E-state index contributed by atoms with van der Waals surface area (Å²) in [5.74, 6) is 0. The molecular formula is C28H58N2. The topological polar surface area (TPSA) is 6.48 Å². The molecule has 0 radical (unpaired) electrons. The lowest BCUT2D eigenvalue weighted by Gasteiger charge is -2.40. The predicted molar refractivity (Wildman–Crippen MR) is 136 cm³/mol. The average molecular weight is 423 g/mol. The molecule has 30 heavy (non-hydrogen) atoms. The first-order chi connectivity index (χ1) is 14.4. The van der Waals surface area contributed by atoms with Gasteiger partial charge in [-0.3, -0.25) is 9.80 Å². The zero-order chi connectivity index (χ0) is 22.5. The third-order valence-corrected chi connectivity index (χ3v) is 8.67. The van der Waals surface area contributed by atoms with Gasteiger partial charge in [0.05, 0.1) is 6.17 Å². The van der Waals surface area contributed by atoms with E-state index >= 15 is 0 Å². The molecular weight excluding hydrogens is 364 g/mol. The van der Waals surface area contributed by atoms with Crippen molar-refractivity contribution < 1.29 is 0 Å². The van der Waals surface area contributed by atoms with Gasteiger partial charge in [0, 0.05) is 26.2 Å². The molecule has 0 aliphatic carbocycles. The Balaban J connectivity index is 2.57. The zero-order valence-corrected chi connectivity index (χ0v) is 22.2. The Bertz CT molecular complexity index is 383.